The number of imidazole rings is 1. The molecule has 770 valence electrons. The van der Waals surface area contributed by atoms with Crippen LogP contribution in [0.4, 0.5) is 37.1 Å². The zero-order chi connectivity index (χ0) is 104. The van der Waals surface area contributed by atoms with Crippen molar-refractivity contribution in [1.82, 2.24) is 67.2 Å². The summed E-state index contributed by atoms with van der Waals surface area (Å²) >= 11 is 0. The quantitative estimate of drug-likeness (QED) is 0.0111. The first-order valence-electron chi connectivity index (χ1n) is 45.9. The number of aliphatic hydroxyl groups excluding tert-OH is 2. The minimum atomic E-state index is -1.70. The van der Waals surface area contributed by atoms with E-state index in [4.69, 9.17) is 40.9 Å². The maximum absolute atomic E-state index is 13.9. The number of aromatic nitrogens is 2. The van der Waals surface area contributed by atoms with Crippen molar-refractivity contribution in [2.24, 2.45) is 23.1 Å². The zero-order valence-electron chi connectivity index (χ0n) is 80.6. The van der Waals surface area contributed by atoms with E-state index in [0.717, 1.165) is 29.5 Å². The van der Waals surface area contributed by atoms with Gasteiger partial charge in [0.15, 0.2) is 5.78 Å². The molecule has 3 aliphatic rings. The molecule has 0 radical (unpaired) electrons. The highest BCUT2D eigenvalue weighted by Crippen LogP contribution is 2.24. The number of likely N-dealkylation sites (N-methyl/N-ethyl adjacent to an activating group) is 2. The van der Waals surface area contributed by atoms with Crippen LogP contribution in [-0.4, -0.2) is 287 Å². The highest BCUT2D eigenvalue weighted by atomic mass is 16.5. The summed E-state index contributed by atoms with van der Waals surface area (Å²) in [6.45, 7) is 13.6. The number of likely N-dealkylation sites (tertiary alicyclic amines) is 2. The van der Waals surface area contributed by atoms with Gasteiger partial charge in [-0.3, -0.25) is 81.5 Å². The van der Waals surface area contributed by atoms with Gasteiger partial charge in [-0.25, -0.2) is 19.4 Å². The summed E-state index contributed by atoms with van der Waals surface area (Å²) in [5.41, 5.74) is 21.6. The number of amides is 15. The number of anilines is 4. The number of nitrogens with one attached hydrogen (secondary N) is 13. The van der Waals surface area contributed by atoms with Crippen LogP contribution in [0, 0.1) is 5.92 Å². The number of aromatic amines is 1. The van der Waals surface area contributed by atoms with Gasteiger partial charge in [-0.05, 0) is 168 Å². The third kappa shape index (κ3) is 43.6. The van der Waals surface area contributed by atoms with Crippen LogP contribution in [0.15, 0.2) is 110 Å². The van der Waals surface area contributed by atoms with E-state index in [-0.39, 0.29) is 139 Å². The van der Waals surface area contributed by atoms with E-state index in [1.807, 2.05) is 0 Å². The Kier molecular flexibility index (Phi) is 51.8. The summed E-state index contributed by atoms with van der Waals surface area (Å²) < 4.78 is 24.9. The number of ketones is 4. The molecule has 4 aromatic carbocycles. The first-order chi connectivity index (χ1) is 67.1. The number of morpholine rings is 1. The Morgan fingerprint density at radius 3 is 1.28 bits per heavy atom. The number of carbonyl (C=O) groups is 20. The number of hydrogen-bond acceptors (Lipinski definition) is 31. The molecule has 3 aliphatic heterocycles. The first-order valence-corrected chi connectivity index (χ1v) is 45.9. The van der Waals surface area contributed by atoms with Gasteiger partial charge < -0.3 is 135 Å². The molecule has 3 fully saturated rings. The molecule has 4 heterocycles. The smallest absolute Gasteiger partial charge is 0.322 e. The maximum atomic E-state index is 13.9. The Balaban J connectivity index is 0.000000387. The predicted molar refractivity (Wildman–Crippen MR) is 510 cm³/mol. The molecular weight excluding hydrogens is 1840 g/mol. The number of primary amides is 2. The summed E-state index contributed by atoms with van der Waals surface area (Å²) in [6, 6.07) is 15.3. The van der Waals surface area contributed by atoms with Gasteiger partial charge in [0.1, 0.15) is 68.7 Å². The Morgan fingerprint density at radius 1 is 0.475 bits per heavy atom. The summed E-state index contributed by atoms with van der Waals surface area (Å²) in [6.07, 6.45) is 6.04. The fraction of sp³-hybridized carbons (Fsp3) is 0.500. The number of H-pyrrole nitrogens is 1. The number of aliphatic hydroxyl groups is 2. The van der Waals surface area contributed by atoms with Crippen molar-refractivity contribution in [3.8, 4) is 0 Å². The average Bonchev–Trinajstić information content (AvgIpc) is 1.73. The standard InChI is InChI=1S/C43H66N12O13.C18H23N3O5.C17H23N3O5.C16H20N2O4/c1-25(2)18-32(39(62)50-31(11-12-36(45)59)37(60)48-28-9-7-27(8-10-28)23-68-26(3)58)51-38(61)30(6-4-5-13-44)49-41(64)34(21-56)53-42(65)35(22-57)52-40(63)33(19-29-20-46-24-47-29)54-43(66)55-14-16-67-17-15-55;1-12(22)26-11-13-5-7-14(8-6-13)20-18(25)21-9-3-4-15(21)17(24)16(23)10-19-2;1-3-19-14(8-9-15(18)22)16(23)17(24)20-13-6-4-12(5-7-13)10-25-11(2)21;1-11(19)15-4-3-9-18(15)16(21)17-14-7-5-13(6-8-14)10-22-12(2)20/h7-10,20,24-25,30-35,56-57H,4-6,11-19,21-23,44H2,1-3H3,(H2,45,59)(H,46,47)(H,48,60)(H,49,64)(H,50,62)(H,51,61)(H,52,63)(H,53,65)(H,54,66);5-8,15,19H,3-4,9-11H2,1-2H3,(H,20,25);4-7,14,19H,3,8-10H2,1-2H3,(H2,18,22)(H,20,24);5-8,15H,3-4,9-10H2,1-2H3,(H,17,21)/t30-,31?,32-,33-,34-,35-;15-;14-;15-/m0000/s1. The number of nitrogens with two attached hydrogens (primary N) is 3. The summed E-state index contributed by atoms with van der Waals surface area (Å²) in [4.78, 5) is 257. The Morgan fingerprint density at radius 2 is 0.872 bits per heavy atom. The second-order valence-electron chi connectivity index (χ2n) is 33.3. The van der Waals surface area contributed by atoms with Crippen molar-refractivity contribution in [3.05, 3.63) is 138 Å². The van der Waals surface area contributed by atoms with Crippen LogP contribution < -0.4 is 81.0 Å². The van der Waals surface area contributed by atoms with E-state index in [9.17, 15) is 106 Å². The number of benzene rings is 4. The summed E-state index contributed by atoms with van der Waals surface area (Å²) in [5.74, 6) is -10.7. The molecule has 0 spiro atoms. The van der Waals surface area contributed by atoms with Crippen molar-refractivity contribution in [3.63, 3.8) is 0 Å². The van der Waals surface area contributed by atoms with Crippen LogP contribution in [-0.2, 0) is 138 Å². The number of unbranched alkanes of at least 4 members (excludes halogenated alkanes) is 1. The van der Waals surface area contributed by atoms with E-state index < -0.39 is 150 Å². The van der Waals surface area contributed by atoms with E-state index in [0.29, 0.717) is 92.5 Å². The molecule has 1 aromatic heterocycles. The third-order valence-corrected chi connectivity index (χ3v) is 21.4. The van der Waals surface area contributed by atoms with E-state index >= 15 is 0 Å². The molecule has 5 aromatic rings. The minimum absolute atomic E-state index is 0.00338. The molecule has 47 heteroatoms. The predicted octanol–water partition coefficient (Wildman–Crippen LogP) is 0.853. The van der Waals surface area contributed by atoms with Crippen LogP contribution in [0.25, 0.3) is 0 Å². The first kappa shape index (κ1) is 117. The summed E-state index contributed by atoms with van der Waals surface area (Å²) in [7, 11) is 1.59. The Labute approximate surface area is 815 Å². The molecular formula is C94H132N20O27. The molecule has 0 bridgehead atoms. The lowest BCUT2D eigenvalue weighted by Crippen LogP contribution is -2.61. The molecule has 8 rings (SSSR count). The molecule has 47 nitrogen and oxygen atoms in total. The van der Waals surface area contributed by atoms with Gasteiger partial charge in [-0.15, -0.1) is 0 Å². The lowest BCUT2D eigenvalue weighted by molar-refractivity contribution is -0.143. The van der Waals surface area contributed by atoms with Gasteiger partial charge in [0.25, 0.3) is 5.91 Å². The molecule has 15 amide bonds. The Bertz CT molecular complexity index is 5000. The normalized spacial score (nSPS) is 14.9. The number of carbonyl (C=O) groups excluding carboxylic acids is 20. The monoisotopic (exact) mass is 1970 g/mol. The molecule has 0 saturated carbocycles. The lowest BCUT2D eigenvalue weighted by Gasteiger charge is -2.29. The minimum Gasteiger partial charge on any atom is -0.461 e. The number of esters is 4. The number of Topliss-reactive ketones (excluding diaryl/α,β-unsaturated/α-hetero) is 4. The van der Waals surface area contributed by atoms with Crippen molar-refractivity contribution in [2.45, 2.75) is 220 Å². The number of urea groups is 3. The number of hydrogen-bond donors (Lipinski definition) is 18. The maximum Gasteiger partial charge on any atom is 0.322 e. The van der Waals surface area contributed by atoms with Gasteiger partial charge in [-0.1, -0.05) is 69.3 Å². The van der Waals surface area contributed by atoms with Crippen LogP contribution in [0.2, 0.25) is 0 Å². The molecule has 9 atom stereocenters. The molecule has 21 N–H and O–H groups in total. The van der Waals surface area contributed by atoms with Gasteiger partial charge >= 0.3 is 42.0 Å². The van der Waals surface area contributed by atoms with E-state index in [1.165, 1.54) is 56.9 Å². The van der Waals surface area contributed by atoms with Crippen molar-refractivity contribution in [2.75, 3.05) is 101 Å². The van der Waals surface area contributed by atoms with Crippen molar-refractivity contribution in [1.29, 1.82) is 0 Å². The second kappa shape index (κ2) is 62.4. The highest BCUT2D eigenvalue weighted by molar-refractivity contribution is 6.42. The van der Waals surface area contributed by atoms with Gasteiger partial charge in [0.05, 0.1) is 51.4 Å². The average molecular weight is 1970 g/mol. The van der Waals surface area contributed by atoms with Crippen LogP contribution in [0.3, 0.4) is 0 Å². The SMILES string of the molecule is CC(=O)OCc1ccc(NC(=O)C(CCC(N)=O)NC(=O)[C@H](CC(C)C)NC(=O)[C@H](CCCCN)NC(=O)[C@H](CO)NC(=O)[C@H](CO)NC(=O)[C@H](Cc2cnc[nH]2)NC(=O)N2CCOCC2)cc1.CC(=O)OCc1ccc(NC(=O)N2CCC[C@H]2C(C)=O)cc1.CCN[C@@H](CCC(N)=O)C(=O)C(=O)Nc1ccc(COC(C)=O)cc1.CNCC(=O)C(=O)[C@@H]1CCCN1C(=O)Nc1ccc(COC(C)=O)cc1. The second-order valence-corrected chi connectivity index (χ2v) is 33.3. The van der Waals surface area contributed by atoms with E-state index in [2.05, 4.69) is 73.8 Å². The van der Waals surface area contributed by atoms with Gasteiger partial charge in [0, 0.05) is 108 Å². The Hall–Kier alpha value is -14.6. The van der Waals surface area contributed by atoms with Gasteiger partial charge in [-0.2, -0.15) is 0 Å². The highest BCUT2D eigenvalue weighted by Gasteiger charge is 2.39. The fourth-order valence-electron chi connectivity index (χ4n) is 14.1. The largest absolute Gasteiger partial charge is 0.461 e. The van der Waals surface area contributed by atoms with Crippen LogP contribution >= 0.6 is 0 Å². The molecule has 3 saturated heterocycles. The zero-order valence-corrected chi connectivity index (χ0v) is 80.6. The van der Waals surface area contributed by atoms with Crippen molar-refractivity contribution < 1.29 is 130 Å². The summed E-state index contributed by atoms with van der Waals surface area (Å²) in [5, 5.41) is 51.6. The molecule has 141 heavy (non-hydrogen) atoms. The van der Waals surface area contributed by atoms with Crippen LogP contribution in [0.5, 0.6) is 0 Å². The molecule has 0 aliphatic carbocycles. The third-order valence-electron chi connectivity index (χ3n) is 21.4. The van der Waals surface area contributed by atoms with Gasteiger partial charge in [0.2, 0.25) is 64.6 Å². The van der Waals surface area contributed by atoms with Crippen molar-refractivity contribution >= 4 is 141 Å². The topological polar surface area (TPSA) is 689 Å². The lowest BCUT2D eigenvalue weighted by atomic mass is 10.0. The van der Waals surface area contributed by atoms with Crippen LogP contribution in [0.1, 0.15) is 160 Å². The number of nitrogens with zero attached hydrogens (tertiary/aromatic N) is 4. The number of ether oxygens (including phenoxy) is 5. The fourth-order valence-corrected chi connectivity index (χ4v) is 14.1. The molecule has 1 unspecified atom stereocenters. The van der Waals surface area contributed by atoms with E-state index in [1.54, 1.807) is 130 Å². The number of rotatable bonds is 49.